The lowest BCUT2D eigenvalue weighted by Crippen LogP contribution is -2.18. The number of para-hydroxylation sites is 1. The van der Waals surface area contributed by atoms with E-state index in [4.69, 9.17) is 0 Å². The largest absolute Gasteiger partial charge is 0.508 e. The average Bonchev–Trinajstić information content (AvgIpc) is 2.52. The molecule has 0 fully saturated rings. The van der Waals surface area contributed by atoms with Gasteiger partial charge in [0.1, 0.15) is 5.75 Å². The highest BCUT2D eigenvalue weighted by Gasteiger charge is 2.07. The normalized spacial score (nSPS) is 12.4. The maximum absolute atomic E-state index is 9.55. The Morgan fingerprint density at radius 1 is 1.10 bits per heavy atom. The van der Waals surface area contributed by atoms with Crippen LogP contribution in [0.1, 0.15) is 24.1 Å². The monoisotopic (exact) mass is 278 g/mol. The molecule has 0 aliphatic rings. The number of benzene rings is 2. The Morgan fingerprint density at radius 2 is 1.95 bits per heavy atom. The van der Waals surface area contributed by atoms with E-state index in [2.05, 4.69) is 23.3 Å². The number of rotatable bonds is 4. The predicted molar refractivity (Wildman–Crippen MR) is 85.1 cm³/mol. The molecule has 3 aromatic rings. The maximum atomic E-state index is 9.55. The molecule has 0 radical (unpaired) electrons. The number of phenolic OH excluding ortho intramolecular Hbond substituents is 1. The van der Waals surface area contributed by atoms with E-state index in [0.717, 1.165) is 17.6 Å². The van der Waals surface area contributed by atoms with Gasteiger partial charge >= 0.3 is 0 Å². The Bertz CT molecular complexity index is 750. The third-order valence-corrected chi connectivity index (χ3v) is 3.71. The molecule has 0 amide bonds. The minimum Gasteiger partial charge on any atom is -0.508 e. The van der Waals surface area contributed by atoms with Crippen molar-refractivity contribution in [1.82, 2.24) is 10.3 Å². The fourth-order valence-corrected chi connectivity index (χ4v) is 2.48. The van der Waals surface area contributed by atoms with Crippen LogP contribution in [0.25, 0.3) is 10.9 Å². The van der Waals surface area contributed by atoms with E-state index in [1.807, 2.05) is 42.6 Å². The summed E-state index contributed by atoms with van der Waals surface area (Å²) in [4.78, 5) is 4.38. The molecule has 3 nitrogen and oxygen atoms in total. The van der Waals surface area contributed by atoms with Gasteiger partial charge in [-0.1, -0.05) is 30.3 Å². The summed E-state index contributed by atoms with van der Waals surface area (Å²) >= 11 is 0. The van der Waals surface area contributed by atoms with Crippen molar-refractivity contribution in [3.63, 3.8) is 0 Å². The highest BCUT2D eigenvalue weighted by molar-refractivity contribution is 5.81. The standard InChI is InChI=1S/C18H18N2O/c1-13(14-5-4-6-16(21)11-14)20-12-15-9-10-19-18-8-3-2-7-17(15)18/h2-11,13,20-21H,12H2,1H3. The molecule has 3 rings (SSSR count). The first-order valence-corrected chi connectivity index (χ1v) is 7.09. The van der Waals surface area contributed by atoms with Gasteiger partial charge in [0.05, 0.1) is 5.52 Å². The SMILES string of the molecule is CC(NCc1ccnc2ccccc12)c1cccc(O)c1. The van der Waals surface area contributed by atoms with Gasteiger partial charge in [0.25, 0.3) is 0 Å². The second-order valence-corrected chi connectivity index (χ2v) is 5.18. The molecular formula is C18H18N2O. The minimum absolute atomic E-state index is 0.170. The number of hydrogen-bond donors (Lipinski definition) is 2. The number of nitrogens with zero attached hydrogens (tertiary/aromatic N) is 1. The number of aromatic nitrogens is 1. The second-order valence-electron chi connectivity index (χ2n) is 5.18. The molecule has 2 aromatic carbocycles. The van der Waals surface area contributed by atoms with Gasteiger partial charge in [0.2, 0.25) is 0 Å². The zero-order chi connectivity index (χ0) is 14.7. The molecule has 0 aliphatic heterocycles. The van der Waals surface area contributed by atoms with Crippen molar-refractivity contribution in [3.05, 3.63) is 71.9 Å². The summed E-state index contributed by atoms with van der Waals surface area (Å²) in [5, 5.41) is 14.2. The third-order valence-electron chi connectivity index (χ3n) is 3.71. The van der Waals surface area contributed by atoms with Crippen LogP contribution in [0.15, 0.2) is 60.8 Å². The number of nitrogens with one attached hydrogen (secondary N) is 1. The summed E-state index contributed by atoms with van der Waals surface area (Å²) in [6.45, 7) is 2.86. The first-order valence-electron chi connectivity index (χ1n) is 7.09. The van der Waals surface area contributed by atoms with Gasteiger partial charge in [0, 0.05) is 24.2 Å². The quantitative estimate of drug-likeness (QED) is 0.763. The average molecular weight is 278 g/mol. The summed E-state index contributed by atoms with van der Waals surface area (Å²) in [6, 6.07) is 17.7. The van der Waals surface area contributed by atoms with Crippen molar-refractivity contribution < 1.29 is 5.11 Å². The lowest BCUT2D eigenvalue weighted by Gasteiger charge is -2.15. The van der Waals surface area contributed by atoms with Crippen LogP contribution in [0.4, 0.5) is 0 Å². The molecule has 1 unspecified atom stereocenters. The Hall–Kier alpha value is -2.39. The number of phenols is 1. The van der Waals surface area contributed by atoms with Crippen molar-refractivity contribution in [2.24, 2.45) is 0 Å². The first-order chi connectivity index (χ1) is 10.2. The minimum atomic E-state index is 0.170. The van der Waals surface area contributed by atoms with Crippen LogP contribution in [0.3, 0.4) is 0 Å². The van der Waals surface area contributed by atoms with Crippen LogP contribution >= 0.6 is 0 Å². The number of fused-ring (bicyclic) bond motifs is 1. The Morgan fingerprint density at radius 3 is 2.81 bits per heavy atom. The molecule has 3 heteroatoms. The fourth-order valence-electron chi connectivity index (χ4n) is 2.48. The molecule has 0 aliphatic carbocycles. The molecule has 0 saturated heterocycles. The van der Waals surface area contributed by atoms with E-state index in [-0.39, 0.29) is 6.04 Å². The van der Waals surface area contributed by atoms with Crippen LogP contribution in [-0.4, -0.2) is 10.1 Å². The smallest absolute Gasteiger partial charge is 0.115 e. The maximum Gasteiger partial charge on any atom is 0.115 e. The highest BCUT2D eigenvalue weighted by atomic mass is 16.3. The van der Waals surface area contributed by atoms with E-state index in [9.17, 15) is 5.11 Å². The van der Waals surface area contributed by atoms with E-state index >= 15 is 0 Å². The molecule has 0 spiro atoms. The van der Waals surface area contributed by atoms with Crippen LogP contribution in [0.2, 0.25) is 0 Å². The topological polar surface area (TPSA) is 45.2 Å². The molecular weight excluding hydrogens is 260 g/mol. The Labute approximate surface area is 124 Å². The predicted octanol–water partition coefficient (Wildman–Crippen LogP) is 3.79. The highest BCUT2D eigenvalue weighted by Crippen LogP contribution is 2.20. The zero-order valence-corrected chi connectivity index (χ0v) is 12.0. The molecule has 1 heterocycles. The van der Waals surface area contributed by atoms with Crippen LogP contribution in [-0.2, 0) is 6.54 Å². The van der Waals surface area contributed by atoms with Crippen molar-refractivity contribution in [3.8, 4) is 5.75 Å². The summed E-state index contributed by atoms with van der Waals surface area (Å²) in [7, 11) is 0. The molecule has 2 N–H and O–H groups in total. The Kier molecular flexibility index (Phi) is 3.84. The third kappa shape index (κ3) is 3.03. The number of aromatic hydroxyl groups is 1. The van der Waals surface area contributed by atoms with E-state index in [0.29, 0.717) is 5.75 Å². The molecule has 0 bridgehead atoms. The van der Waals surface area contributed by atoms with Crippen molar-refractivity contribution >= 4 is 10.9 Å². The molecule has 1 aromatic heterocycles. The molecule has 0 saturated carbocycles. The van der Waals surface area contributed by atoms with Gasteiger partial charge < -0.3 is 10.4 Å². The van der Waals surface area contributed by atoms with Gasteiger partial charge in [-0.3, -0.25) is 4.98 Å². The van der Waals surface area contributed by atoms with Crippen LogP contribution < -0.4 is 5.32 Å². The summed E-state index contributed by atoms with van der Waals surface area (Å²) in [5.41, 5.74) is 3.32. The van der Waals surface area contributed by atoms with E-state index < -0.39 is 0 Å². The van der Waals surface area contributed by atoms with Gasteiger partial charge in [-0.25, -0.2) is 0 Å². The van der Waals surface area contributed by atoms with Crippen molar-refractivity contribution in [2.45, 2.75) is 19.5 Å². The Balaban J connectivity index is 1.77. The summed E-state index contributed by atoms with van der Waals surface area (Å²) in [5.74, 6) is 0.301. The molecule has 21 heavy (non-hydrogen) atoms. The fraction of sp³-hybridized carbons (Fsp3) is 0.167. The van der Waals surface area contributed by atoms with Gasteiger partial charge in [-0.2, -0.15) is 0 Å². The molecule has 106 valence electrons. The van der Waals surface area contributed by atoms with Gasteiger partial charge in [-0.15, -0.1) is 0 Å². The summed E-state index contributed by atoms with van der Waals surface area (Å²) < 4.78 is 0. The van der Waals surface area contributed by atoms with Gasteiger partial charge in [-0.05, 0) is 42.3 Å². The molecule has 1 atom stereocenters. The zero-order valence-electron chi connectivity index (χ0n) is 12.0. The van der Waals surface area contributed by atoms with Crippen molar-refractivity contribution in [1.29, 1.82) is 0 Å². The first kappa shape index (κ1) is 13.6. The van der Waals surface area contributed by atoms with Crippen LogP contribution in [0, 0.1) is 0 Å². The lowest BCUT2D eigenvalue weighted by atomic mass is 10.1. The van der Waals surface area contributed by atoms with Gasteiger partial charge in [0.15, 0.2) is 0 Å². The number of hydrogen-bond acceptors (Lipinski definition) is 3. The summed E-state index contributed by atoms with van der Waals surface area (Å²) in [6.07, 6.45) is 1.85. The van der Waals surface area contributed by atoms with Crippen molar-refractivity contribution in [2.75, 3.05) is 0 Å². The second kappa shape index (κ2) is 5.94. The van der Waals surface area contributed by atoms with E-state index in [1.165, 1.54) is 10.9 Å². The lowest BCUT2D eigenvalue weighted by molar-refractivity contribution is 0.472. The van der Waals surface area contributed by atoms with E-state index in [1.54, 1.807) is 12.1 Å². The number of pyridine rings is 1. The van der Waals surface area contributed by atoms with Crippen LogP contribution in [0.5, 0.6) is 5.75 Å².